The van der Waals surface area contributed by atoms with E-state index in [0.717, 1.165) is 109 Å². The normalized spacial score (nSPS) is 14.2. The van der Waals surface area contributed by atoms with Crippen LogP contribution in [0, 0.1) is 0 Å². The van der Waals surface area contributed by atoms with Crippen molar-refractivity contribution in [3.05, 3.63) is 109 Å². The van der Waals surface area contributed by atoms with E-state index in [9.17, 15) is 28.9 Å². The number of esters is 3. The van der Waals surface area contributed by atoms with Gasteiger partial charge in [-0.2, -0.15) is 0 Å². The largest absolute Gasteiger partial charge is 0.472 e. The molecule has 0 heterocycles. The van der Waals surface area contributed by atoms with Gasteiger partial charge in [0, 0.05) is 12.8 Å². The molecule has 0 aromatic rings. The Morgan fingerprint density at radius 1 is 0.417 bits per heavy atom. The molecule has 410 valence electrons. The topological polar surface area (TPSA) is 155 Å². The van der Waals surface area contributed by atoms with Crippen LogP contribution in [-0.2, 0) is 42.2 Å². The van der Waals surface area contributed by atoms with Crippen molar-refractivity contribution in [1.82, 2.24) is 0 Å². The van der Waals surface area contributed by atoms with Crippen molar-refractivity contribution in [2.45, 2.75) is 226 Å². The van der Waals surface area contributed by atoms with Gasteiger partial charge < -0.3 is 24.2 Å². The number of ether oxygens (including phenoxy) is 3. The van der Waals surface area contributed by atoms with Crippen LogP contribution in [0.4, 0.5) is 0 Å². The minimum atomic E-state index is -4.78. The van der Waals surface area contributed by atoms with E-state index >= 15 is 0 Å². The summed E-state index contributed by atoms with van der Waals surface area (Å²) < 4.78 is 39.3. The number of carbonyl (C=O) groups excluding carboxylic acids is 3. The fourth-order valence-corrected chi connectivity index (χ4v) is 7.85. The SMILES string of the molecule is CC/C=C\C/C=C\C/C=C\C/C=C\C/C=C\CC(=O)OC(CO)COP(=O)(O)OCC(COC(=O)CCCCCCCCCCCCC)OC(=O)CCCCCCCC/C=C\C/C=C\C/C=C\C/C=C\CC. The standard InChI is InChI=1S/C60H99O11P/c1-4-7-10-13-16-19-22-24-26-27-28-29-31-33-36-39-42-45-48-51-60(64)71-57(53-67-58(62)49-46-43-40-37-34-21-18-15-12-9-6-3)55-69-72(65,66)68-54-56(52-61)70-59(63)50-47-44-41-38-35-32-30-25-23-20-17-14-11-8-5-2/h7-8,10-11,16-17,19-20,24-26,28-30,35,38,44,47,56-57,61H,4-6,9,12-15,18,21-23,27,31-34,36-37,39-43,45-46,48-55H2,1-3H3,(H,65,66)/b10-7-,11-8-,19-16-,20-17-,26-24-,29-28-,30-25-,38-35-,47-44-. The van der Waals surface area contributed by atoms with Gasteiger partial charge in [0.05, 0.1) is 26.2 Å². The van der Waals surface area contributed by atoms with Crippen molar-refractivity contribution in [2.24, 2.45) is 0 Å². The third kappa shape index (κ3) is 51.1. The highest BCUT2D eigenvalue weighted by molar-refractivity contribution is 7.47. The highest BCUT2D eigenvalue weighted by Gasteiger charge is 2.28. The molecule has 0 aliphatic heterocycles. The third-order valence-electron chi connectivity index (χ3n) is 11.2. The number of hydrogen-bond donors (Lipinski definition) is 2. The van der Waals surface area contributed by atoms with Gasteiger partial charge in [0.15, 0.2) is 6.10 Å². The van der Waals surface area contributed by atoms with Gasteiger partial charge in [-0.25, -0.2) is 4.57 Å². The Morgan fingerprint density at radius 2 is 0.778 bits per heavy atom. The molecule has 0 amide bonds. The van der Waals surface area contributed by atoms with Gasteiger partial charge >= 0.3 is 25.7 Å². The molecule has 0 aliphatic carbocycles. The monoisotopic (exact) mass is 1030 g/mol. The highest BCUT2D eigenvalue weighted by Crippen LogP contribution is 2.43. The smallest absolute Gasteiger partial charge is 0.462 e. The number of rotatable bonds is 50. The first-order chi connectivity index (χ1) is 35.2. The molecule has 0 saturated carbocycles. The van der Waals surface area contributed by atoms with Crippen LogP contribution in [0.5, 0.6) is 0 Å². The first-order valence-corrected chi connectivity index (χ1v) is 29.3. The van der Waals surface area contributed by atoms with Gasteiger partial charge in [-0.15, -0.1) is 0 Å². The number of unbranched alkanes of at least 4 members (excludes halogenated alkanes) is 16. The zero-order valence-electron chi connectivity index (χ0n) is 45.1. The van der Waals surface area contributed by atoms with E-state index in [2.05, 4.69) is 106 Å². The lowest BCUT2D eigenvalue weighted by atomic mass is 10.1. The van der Waals surface area contributed by atoms with Gasteiger partial charge in [-0.05, 0) is 83.5 Å². The molecule has 0 fully saturated rings. The molecule has 11 nitrogen and oxygen atoms in total. The average Bonchev–Trinajstić information content (AvgIpc) is 3.37. The second-order valence-corrected chi connectivity index (χ2v) is 19.5. The zero-order chi connectivity index (χ0) is 52.7. The first-order valence-electron chi connectivity index (χ1n) is 27.8. The predicted molar refractivity (Wildman–Crippen MR) is 297 cm³/mol. The number of hydrogen-bond acceptors (Lipinski definition) is 10. The van der Waals surface area contributed by atoms with Crippen molar-refractivity contribution in [3.8, 4) is 0 Å². The zero-order valence-corrected chi connectivity index (χ0v) is 46.0. The second-order valence-electron chi connectivity index (χ2n) is 18.0. The molecule has 2 N–H and O–H groups in total. The van der Waals surface area contributed by atoms with Crippen LogP contribution < -0.4 is 0 Å². The number of carbonyl (C=O) groups is 3. The van der Waals surface area contributed by atoms with E-state index in [0.29, 0.717) is 19.3 Å². The lowest BCUT2D eigenvalue weighted by Crippen LogP contribution is -2.30. The van der Waals surface area contributed by atoms with E-state index in [4.69, 9.17) is 23.3 Å². The van der Waals surface area contributed by atoms with Crippen LogP contribution >= 0.6 is 7.82 Å². The molecular weight excluding hydrogens is 928 g/mol. The summed E-state index contributed by atoms with van der Waals surface area (Å²) in [5.41, 5.74) is 0. The molecule has 0 bridgehead atoms. The Bertz CT molecular complexity index is 1620. The van der Waals surface area contributed by atoms with Crippen LogP contribution in [0.15, 0.2) is 109 Å². The molecule has 3 unspecified atom stereocenters. The maximum atomic E-state index is 12.9. The quantitative estimate of drug-likeness (QED) is 0.0197. The molecule has 0 aromatic heterocycles. The Hall–Kier alpha value is -3.86. The molecule has 12 heteroatoms. The summed E-state index contributed by atoms with van der Waals surface area (Å²) in [4.78, 5) is 48.4. The summed E-state index contributed by atoms with van der Waals surface area (Å²) in [6.45, 7) is 4.27. The van der Waals surface area contributed by atoms with Crippen LogP contribution in [-0.4, -0.2) is 66.5 Å². The summed E-state index contributed by atoms with van der Waals surface area (Å²) >= 11 is 0. The third-order valence-corrected chi connectivity index (χ3v) is 12.2. The van der Waals surface area contributed by atoms with E-state index in [-0.39, 0.29) is 25.9 Å². The van der Waals surface area contributed by atoms with E-state index in [1.165, 1.54) is 44.9 Å². The highest BCUT2D eigenvalue weighted by atomic mass is 31.2. The average molecular weight is 1030 g/mol. The summed E-state index contributed by atoms with van der Waals surface area (Å²) in [5, 5.41) is 9.78. The van der Waals surface area contributed by atoms with Crippen molar-refractivity contribution in [1.29, 1.82) is 0 Å². The fraction of sp³-hybridized carbons (Fsp3) is 0.650. The summed E-state index contributed by atoms with van der Waals surface area (Å²) in [6.07, 6.45) is 63.6. The van der Waals surface area contributed by atoms with Crippen LogP contribution in [0.25, 0.3) is 0 Å². The van der Waals surface area contributed by atoms with Crippen molar-refractivity contribution < 1.29 is 52.2 Å². The van der Waals surface area contributed by atoms with Gasteiger partial charge in [-0.1, -0.05) is 220 Å². The number of aliphatic hydroxyl groups is 1. The minimum absolute atomic E-state index is 0.0599. The summed E-state index contributed by atoms with van der Waals surface area (Å²) in [6, 6.07) is 0. The number of phosphoric acid groups is 1. The number of phosphoric ester groups is 1. The fourth-order valence-electron chi connectivity index (χ4n) is 7.07. The molecule has 3 atom stereocenters. The Morgan fingerprint density at radius 3 is 1.22 bits per heavy atom. The van der Waals surface area contributed by atoms with E-state index in [1.54, 1.807) is 6.08 Å². The van der Waals surface area contributed by atoms with Crippen LogP contribution in [0.2, 0.25) is 0 Å². The molecule has 72 heavy (non-hydrogen) atoms. The summed E-state index contributed by atoms with van der Waals surface area (Å²) in [7, 11) is -4.78. The molecule has 0 saturated heterocycles. The minimum Gasteiger partial charge on any atom is -0.462 e. The van der Waals surface area contributed by atoms with Crippen molar-refractivity contribution in [2.75, 3.05) is 26.4 Å². The maximum Gasteiger partial charge on any atom is 0.472 e. The van der Waals surface area contributed by atoms with E-state index in [1.807, 2.05) is 18.2 Å². The Kier molecular flexibility index (Phi) is 50.6. The number of aliphatic hydroxyl groups excluding tert-OH is 1. The molecule has 0 aliphatic rings. The number of allylic oxidation sites excluding steroid dienone is 17. The molecule has 0 aromatic carbocycles. The van der Waals surface area contributed by atoms with Gasteiger partial charge in [0.1, 0.15) is 12.7 Å². The van der Waals surface area contributed by atoms with Gasteiger partial charge in [-0.3, -0.25) is 23.4 Å². The Labute approximate surface area is 437 Å². The predicted octanol–water partition coefficient (Wildman–Crippen LogP) is 16.2. The van der Waals surface area contributed by atoms with E-state index < -0.39 is 57.8 Å². The first kappa shape index (κ1) is 68.1. The van der Waals surface area contributed by atoms with Gasteiger partial charge in [0.2, 0.25) is 0 Å². The summed E-state index contributed by atoms with van der Waals surface area (Å²) in [5.74, 6) is -1.63. The lowest BCUT2D eigenvalue weighted by molar-refractivity contribution is -0.161. The van der Waals surface area contributed by atoms with Crippen molar-refractivity contribution >= 4 is 25.7 Å². The van der Waals surface area contributed by atoms with Gasteiger partial charge in [0.25, 0.3) is 0 Å². The molecule has 0 spiro atoms. The Balaban J connectivity index is 4.82. The molecule has 0 rings (SSSR count). The maximum absolute atomic E-state index is 12.9. The van der Waals surface area contributed by atoms with Crippen LogP contribution in [0.1, 0.15) is 213 Å². The van der Waals surface area contributed by atoms with Crippen LogP contribution in [0.3, 0.4) is 0 Å². The lowest BCUT2D eigenvalue weighted by Gasteiger charge is -2.21. The second kappa shape index (κ2) is 53.4. The molecular formula is C60H99O11P. The van der Waals surface area contributed by atoms with Crippen molar-refractivity contribution in [3.63, 3.8) is 0 Å². The molecule has 0 radical (unpaired) electrons.